The highest BCUT2D eigenvalue weighted by Gasteiger charge is 2.35. The van der Waals surface area contributed by atoms with Crippen LogP contribution in [0.25, 0.3) is 0 Å². The van der Waals surface area contributed by atoms with Gasteiger partial charge >= 0.3 is 5.97 Å². The third-order valence-corrected chi connectivity index (χ3v) is 2.06. The Morgan fingerprint density at radius 3 is 1.92 bits per heavy atom. The molecule has 3 nitrogen and oxygen atoms in total. The van der Waals surface area contributed by atoms with Gasteiger partial charge < -0.3 is 10.2 Å². The summed E-state index contributed by atoms with van der Waals surface area (Å²) in [6.45, 7) is 7.30. The number of carbonyl (C=O) groups is 1. The highest BCUT2D eigenvalue weighted by molar-refractivity contribution is 5.71. The average Bonchev–Trinajstić information content (AvgIpc) is 1.83. The molecule has 0 saturated carbocycles. The molecule has 2 unspecified atom stereocenters. The van der Waals surface area contributed by atoms with Gasteiger partial charge in [0.05, 0.1) is 5.92 Å². The first-order valence-corrected chi connectivity index (χ1v) is 4.14. The number of aliphatic carboxylic acids is 1. The van der Waals surface area contributed by atoms with Crippen molar-refractivity contribution in [2.24, 2.45) is 17.3 Å². The van der Waals surface area contributed by atoms with Crippen LogP contribution in [0, 0.1) is 17.3 Å². The Kier molecular flexibility index (Phi) is 3.71. The summed E-state index contributed by atoms with van der Waals surface area (Å²) < 4.78 is 0. The smallest absolute Gasteiger partial charge is 0.307 e. The van der Waals surface area contributed by atoms with E-state index in [4.69, 9.17) is 10.2 Å². The van der Waals surface area contributed by atoms with Crippen LogP contribution in [-0.2, 0) is 4.79 Å². The van der Waals surface area contributed by atoms with Crippen molar-refractivity contribution in [2.45, 2.75) is 27.7 Å². The molecule has 0 aromatic carbocycles. The van der Waals surface area contributed by atoms with Crippen molar-refractivity contribution in [1.29, 1.82) is 0 Å². The van der Waals surface area contributed by atoms with Crippen molar-refractivity contribution >= 4 is 5.97 Å². The second kappa shape index (κ2) is 3.90. The number of aliphatic hydroxyl groups excluding tert-OH is 1. The average molecular weight is 174 g/mol. The van der Waals surface area contributed by atoms with Gasteiger partial charge in [-0.2, -0.15) is 0 Å². The summed E-state index contributed by atoms with van der Waals surface area (Å²) in [6.07, 6.45) is 0. The summed E-state index contributed by atoms with van der Waals surface area (Å²) in [5.74, 6) is -1.51. The first-order valence-electron chi connectivity index (χ1n) is 4.14. The van der Waals surface area contributed by atoms with Crippen LogP contribution in [0.5, 0.6) is 0 Å². The minimum absolute atomic E-state index is 0.0752. The normalized spacial score (nSPS) is 17.1. The van der Waals surface area contributed by atoms with Gasteiger partial charge in [-0.15, -0.1) is 0 Å². The van der Waals surface area contributed by atoms with Crippen LogP contribution in [0.4, 0.5) is 0 Å². The van der Waals surface area contributed by atoms with Crippen LogP contribution in [-0.4, -0.2) is 22.8 Å². The summed E-state index contributed by atoms with van der Waals surface area (Å²) in [6, 6.07) is 0. The second-order valence-electron chi connectivity index (χ2n) is 4.34. The van der Waals surface area contributed by atoms with E-state index in [0.717, 1.165) is 0 Å². The molecular formula is C9H18O3. The largest absolute Gasteiger partial charge is 0.481 e. The van der Waals surface area contributed by atoms with Crippen LogP contribution >= 0.6 is 0 Å². The maximum absolute atomic E-state index is 10.8. The first kappa shape index (κ1) is 11.4. The van der Waals surface area contributed by atoms with Gasteiger partial charge in [-0.3, -0.25) is 4.79 Å². The van der Waals surface area contributed by atoms with E-state index in [0.29, 0.717) is 0 Å². The Morgan fingerprint density at radius 1 is 1.42 bits per heavy atom. The molecule has 72 valence electrons. The maximum Gasteiger partial charge on any atom is 0.307 e. The van der Waals surface area contributed by atoms with Gasteiger partial charge in [-0.25, -0.2) is 0 Å². The van der Waals surface area contributed by atoms with Crippen LogP contribution in [0.15, 0.2) is 0 Å². The third-order valence-electron chi connectivity index (χ3n) is 2.06. The van der Waals surface area contributed by atoms with E-state index in [1.807, 2.05) is 20.8 Å². The van der Waals surface area contributed by atoms with Crippen molar-refractivity contribution in [1.82, 2.24) is 0 Å². The van der Waals surface area contributed by atoms with Crippen LogP contribution < -0.4 is 0 Å². The monoisotopic (exact) mass is 174 g/mol. The van der Waals surface area contributed by atoms with E-state index in [9.17, 15) is 4.79 Å². The van der Waals surface area contributed by atoms with Gasteiger partial charge in [0.25, 0.3) is 0 Å². The van der Waals surface area contributed by atoms with Crippen molar-refractivity contribution in [3.8, 4) is 0 Å². The van der Waals surface area contributed by atoms with E-state index in [1.54, 1.807) is 6.92 Å². The molecule has 0 saturated heterocycles. The fraction of sp³-hybridized carbons (Fsp3) is 0.889. The Hall–Kier alpha value is -0.570. The predicted octanol–water partition coefficient (Wildman–Crippen LogP) is 1.36. The minimum atomic E-state index is -0.830. The fourth-order valence-corrected chi connectivity index (χ4v) is 1.57. The molecule has 0 aliphatic heterocycles. The maximum atomic E-state index is 10.8. The molecule has 0 spiro atoms. The Balaban J connectivity index is 4.56. The Labute approximate surface area is 73.4 Å². The molecule has 0 bridgehead atoms. The number of aliphatic hydroxyl groups is 1. The van der Waals surface area contributed by atoms with Crippen molar-refractivity contribution in [3.05, 3.63) is 0 Å². The van der Waals surface area contributed by atoms with Gasteiger partial charge in [-0.05, 0) is 11.3 Å². The summed E-state index contributed by atoms with van der Waals surface area (Å²) in [5, 5.41) is 17.8. The van der Waals surface area contributed by atoms with Gasteiger partial charge in [0.2, 0.25) is 0 Å². The van der Waals surface area contributed by atoms with E-state index in [1.165, 1.54) is 0 Å². The third kappa shape index (κ3) is 2.81. The molecule has 2 N–H and O–H groups in total. The molecule has 12 heavy (non-hydrogen) atoms. The number of hydrogen-bond acceptors (Lipinski definition) is 2. The predicted molar refractivity (Wildman–Crippen MR) is 46.8 cm³/mol. The molecule has 0 aliphatic rings. The van der Waals surface area contributed by atoms with Gasteiger partial charge in [0.15, 0.2) is 0 Å². The molecule has 2 atom stereocenters. The summed E-state index contributed by atoms with van der Waals surface area (Å²) >= 11 is 0. The number of hydrogen-bond donors (Lipinski definition) is 2. The van der Waals surface area contributed by atoms with Gasteiger partial charge in [0.1, 0.15) is 0 Å². The van der Waals surface area contributed by atoms with E-state index in [-0.39, 0.29) is 17.9 Å². The van der Waals surface area contributed by atoms with E-state index >= 15 is 0 Å². The molecule has 0 aliphatic carbocycles. The molecule has 0 aromatic heterocycles. The highest BCUT2D eigenvalue weighted by Crippen LogP contribution is 2.31. The zero-order valence-corrected chi connectivity index (χ0v) is 8.16. The standard InChI is InChI=1S/C9H18O3/c1-6(5-10)7(8(11)12)9(2,3)4/h6-7,10H,5H2,1-4H3,(H,11,12). The minimum Gasteiger partial charge on any atom is -0.481 e. The van der Waals surface area contributed by atoms with Crippen molar-refractivity contribution < 1.29 is 15.0 Å². The number of carboxylic acids is 1. The van der Waals surface area contributed by atoms with E-state index < -0.39 is 11.9 Å². The molecule has 0 fully saturated rings. The molecule has 0 rings (SSSR count). The quantitative estimate of drug-likeness (QED) is 0.679. The van der Waals surface area contributed by atoms with E-state index in [2.05, 4.69) is 0 Å². The van der Waals surface area contributed by atoms with Gasteiger partial charge in [0, 0.05) is 6.61 Å². The molecule has 0 amide bonds. The summed E-state index contributed by atoms with van der Waals surface area (Å²) in [4.78, 5) is 10.8. The molecule has 3 heteroatoms. The Morgan fingerprint density at radius 2 is 1.83 bits per heavy atom. The fourth-order valence-electron chi connectivity index (χ4n) is 1.57. The number of carboxylic acid groups (broad SMARTS) is 1. The zero-order chi connectivity index (χ0) is 9.94. The van der Waals surface area contributed by atoms with Crippen LogP contribution in [0.1, 0.15) is 27.7 Å². The summed E-state index contributed by atoms with van der Waals surface area (Å²) in [5.41, 5.74) is -0.298. The lowest BCUT2D eigenvalue weighted by atomic mass is 9.74. The van der Waals surface area contributed by atoms with Crippen LogP contribution in [0.2, 0.25) is 0 Å². The summed E-state index contributed by atoms with van der Waals surface area (Å²) in [7, 11) is 0. The molecule has 0 radical (unpaired) electrons. The van der Waals surface area contributed by atoms with Crippen LogP contribution in [0.3, 0.4) is 0 Å². The first-order chi connectivity index (χ1) is 5.30. The lowest BCUT2D eigenvalue weighted by molar-refractivity contribution is -0.148. The second-order valence-corrected chi connectivity index (χ2v) is 4.34. The SMILES string of the molecule is CC(CO)C(C(=O)O)C(C)(C)C. The number of rotatable bonds is 3. The van der Waals surface area contributed by atoms with Crippen molar-refractivity contribution in [3.63, 3.8) is 0 Å². The lowest BCUT2D eigenvalue weighted by Crippen LogP contribution is -2.35. The Bertz CT molecular complexity index is 158. The molecule has 0 heterocycles. The highest BCUT2D eigenvalue weighted by atomic mass is 16.4. The zero-order valence-electron chi connectivity index (χ0n) is 8.16. The molecular weight excluding hydrogens is 156 g/mol. The van der Waals surface area contributed by atoms with Gasteiger partial charge in [-0.1, -0.05) is 27.7 Å². The topological polar surface area (TPSA) is 57.5 Å². The van der Waals surface area contributed by atoms with Crippen molar-refractivity contribution in [2.75, 3.05) is 6.61 Å². The molecule has 0 aromatic rings. The lowest BCUT2D eigenvalue weighted by Gasteiger charge is -2.30.